The molecule has 2 aromatic carbocycles. The molecule has 2 heterocycles. The number of carbonyl (C=O) groups excluding carboxylic acids is 1. The zero-order valence-corrected chi connectivity index (χ0v) is 17.6. The van der Waals surface area contributed by atoms with Crippen LogP contribution in [0.4, 0.5) is 22.7 Å². The molecule has 0 saturated carbocycles. The predicted molar refractivity (Wildman–Crippen MR) is 113 cm³/mol. The summed E-state index contributed by atoms with van der Waals surface area (Å²) in [5.41, 5.74) is -0.275. The van der Waals surface area contributed by atoms with Gasteiger partial charge >= 0.3 is 6.18 Å². The maximum absolute atomic E-state index is 13.9. The SMILES string of the molecule is O=C(Nc1ncc(Cc2cc(C(F)(F)F)ccc2Cl)s1)c1ccc(-c2ccccc2F)o1. The molecule has 0 aliphatic carbocycles. The number of benzene rings is 2. The van der Waals surface area contributed by atoms with Crippen molar-refractivity contribution in [2.45, 2.75) is 12.6 Å². The summed E-state index contributed by atoms with van der Waals surface area (Å²) >= 11 is 7.13. The Kier molecular flexibility index (Phi) is 6.03. The summed E-state index contributed by atoms with van der Waals surface area (Å²) in [6.07, 6.45) is -2.91. The fourth-order valence-electron chi connectivity index (χ4n) is 2.95. The Labute approximate surface area is 188 Å². The minimum absolute atomic E-state index is 0.0408. The van der Waals surface area contributed by atoms with Crippen LogP contribution in [-0.2, 0) is 12.6 Å². The van der Waals surface area contributed by atoms with Gasteiger partial charge in [0.15, 0.2) is 10.9 Å². The van der Waals surface area contributed by atoms with Crippen LogP contribution in [0.5, 0.6) is 0 Å². The van der Waals surface area contributed by atoms with E-state index in [4.69, 9.17) is 16.0 Å². The van der Waals surface area contributed by atoms with Crippen LogP contribution in [-0.4, -0.2) is 10.9 Å². The van der Waals surface area contributed by atoms with Gasteiger partial charge in [-0.15, -0.1) is 11.3 Å². The number of alkyl halides is 3. The maximum Gasteiger partial charge on any atom is 0.416 e. The van der Waals surface area contributed by atoms with Gasteiger partial charge in [-0.2, -0.15) is 13.2 Å². The van der Waals surface area contributed by atoms with Gasteiger partial charge in [0.2, 0.25) is 0 Å². The molecule has 10 heteroatoms. The van der Waals surface area contributed by atoms with Crippen LogP contribution in [0.25, 0.3) is 11.3 Å². The molecule has 2 aromatic heterocycles. The zero-order chi connectivity index (χ0) is 22.9. The van der Waals surface area contributed by atoms with E-state index < -0.39 is 23.5 Å². The molecule has 0 spiro atoms. The summed E-state index contributed by atoms with van der Waals surface area (Å²) in [5, 5.41) is 3.00. The van der Waals surface area contributed by atoms with Crippen molar-refractivity contribution < 1.29 is 26.8 Å². The standard InChI is InChI=1S/C22H13ClF4N2O2S/c23-16-6-5-13(22(25,26)27)9-12(16)10-14-11-28-21(32-14)29-20(30)19-8-7-18(31-19)15-3-1-2-4-17(15)24/h1-9,11H,10H2,(H,28,29,30). The van der Waals surface area contributed by atoms with Gasteiger partial charge in [-0.3, -0.25) is 10.1 Å². The Bertz CT molecular complexity index is 1280. The second kappa shape index (κ2) is 8.76. The first kappa shape index (κ1) is 22.0. The Balaban J connectivity index is 1.46. The molecule has 164 valence electrons. The summed E-state index contributed by atoms with van der Waals surface area (Å²) in [7, 11) is 0. The monoisotopic (exact) mass is 480 g/mol. The number of hydrogen-bond acceptors (Lipinski definition) is 4. The van der Waals surface area contributed by atoms with Crippen molar-refractivity contribution in [3.05, 3.63) is 93.4 Å². The Hall–Kier alpha value is -3.17. The van der Waals surface area contributed by atoms with Crippen LogP contribution in [0.2, 0.25) is 5.02 Å². The third-order valence-electron chi connectivity index (χ3n) is 4.48. The molecule has 0 bridgehead atoms. The molecule has 0 fully saturated rings. The van der Waals surface area contributed by atoms with Gasteiger partial charge in [0, 0.05) is 22.5 Å². The predicted octanol–water partition coefficient (Wildman–Crippen LogP) is 7.06. The van der Waals surface area contributed by atoms with Crippen molar-refractivity contribution in [3.63, 3.8) is 0 Å². The van der Waals surface area contributed by atoms with E-state index in [0.29, 0.717) is 10.4 Å². The van der Waals surface area contributed by atoms with Crippen LogP contribution in [0.1, 0.15) is 26.6 Å². The molecule has 4 aromatic rings. The van der Waals surface area contributed by atoms with Gasteiger partial charge in [-0.25, -0.2) is 9.37 Å². The Morgan fingerprint density at radius 1 is 1.12 bits per heavy atom. The smallest absolute Gasteiger partial charge is 0.416 e. The molecule has 4 rings (SSSR count). The van der Waals surface area contributed by atoms with E-state index in [2.05, 4.69) is 10.3 Å². The van der Waals surface area contributed by atoms with E-state index in [1.165, 1.54) is 36.5 Å². The van der Waals surface area contributed by atoms with Gasteiger partial charge in [-0.05, 0) is 48.0 Å². The van der Waals surface area contributed by atoms with Gasteiger partial charge in [0.05, 0.1) is 11.1 Å². The zero-order valence-electron chi connectivity index (χ0n) is 16.0. The first-order valence-corrected chi connectivity index (χ1v) is 10.4. The van der Waals surface area contributed by atoms with Crippen molar-refractivity contribution in [1.29, 1.82) is 0 Å². The second-order valence-electron chi connectivity index (χ2n) is 6.71. The Morgan fingerprint density at radius 2 is 1.91 bits per heavy atom. The van der Waals surface area contributed by atoms with Crippen molar-refractivity contribution >= 4 is 34.0 Å². The number of nitrogens with zero attached hydrogens (tertiary/aromatic N) is 1. The van der Waals surface area contributed by atoms with Crippen molar-refractivity contribution in [3.8, 4) is 11.3 Å². The van der Waals surface area contributed by atoms with E-state index in [1.54, 1.807) is 12.1 Å². The van der Waals surface area contributed by atoms with E-state index in [1.807, 2.05) is 0 Å². The minimum atomic E-state index is -4.48. The normalized spacial score (nSPS) is 11.5. The number of carbonyl (C=O) groups is 1. The van der Waals surface area contributed by atoms with E-state index >= 15 is 0 Å². The van der Waals surface area contributed by atoms with Gasteiger partial charge in [0.25, 0.3) is 5.91 Å². The van der Waals surface area contributed by atoms with E-state index in [9.17, 15) is 22.4 Å². The molecular formula is C22H13ClF4N2O2S. The number of rotatable bonds is 5. The van der Waals surface area contributed by atoms with Crippen molar-refractivity contribution in [2.75, 3.05) is 5.32 Å². The van der Waals surface area contributed by atoms with Crippen LogP contribution in [0.3, 0.4) is 0 Å². The number of anilines is 1. The fourth-order valence-corrected chi connectivity index (χ4v) is 3.96. The summed E-state index contributed by atoms with van der Waals surface area (Å²) in [5.74, 6) is -0.912. The molecular weight excluding hydrogens is 468 g/mol. The minimum Gasteiger partial charge on any atom is -0.451 e. The summed E-state index contributed by atoms with van der Waals surface area (Å²) in [6, 6.07) is 12.0. The lowest BCUT2D eigenvalue weighted by atomic mass is 10.1. The number of aromatic nitrogens is 1. The lowest BCUT2D eigenvalue weighted by molar-refractivity contribution is -0.137. The number of hydrogen-bond donors (Lipinski definition) is 1. The highest BCUT2D eigenvalue weighted by molar-refractivity contribution is 7.15. The summed E-state index contributed by atoms with van der Waals surface area (Å²) < 4.78 is 58.2. The molecule has 1 amide bonds. The molecule has 32 heavy (non-hydrogen) atoms. The van der Waals surface area contributed by atoms with Crippen molar-refractivity contribution in [1.82, 2.24) is 4.98 Å². The highest BCUT2D eigenvalue weighted by atomic mass is 35.5. The average Bonchev–Trinajstić information content (AvgIpc) is 3.39. The number of thiazole rings is 1. The van der Waals surface area contributed by atoms with Gasteiger partial charge in [0.1, 0.15) is 11.6 Å². The molecule has 0 saturated heterocycles. The average molecular weight is 481 g/mol. The highest BCUT2D eigenvalue weighted by Gasteiger charge is 2.31. The first-order valence-electron chi connectivity index (χ1n) is 9.17. The topological polar surface area (TPSA) is 55.1 Å². The highest BCUT2D eigenvalue weighted by Crippen LogP contribution is 2.33. The molecule has 0 radical (unpaired) electrons. The molecule has 0 aliphatic heterocycles. The molecule has 4 nitrogen and oxygen atoms in total. The van der Waals surface area contributed by atoms with Crippen molar-refractivity contribution in [2.24, 2.45) is 0 Å². The summed E-state index contributed by atoms with van der Waals surface area (Å²) in [4.78, 5) is 17.1. The number of halogens is 5. The molecule has 1 N–H and O–H groups in total. The molecule has 0 aliphatic rings. The number of furan rings is 1. The molecule has 0 unspecified atom stereocenters. The fraction of sp³-hybridized carbons (Fsp3) is 0.0909. The lowest BCUT2D eigenvalue weighted by Crippen LogP contribution is -2.10. The van der Waals surface area contributed by atoms with Gasteiger partial charge in [-0.1, -0.05) is 23.7 Å². The first-order chi connectivity index (χ1) is 15.2. The largest absolute Gasteiger partial charge is 0.451 e. The summed E-state index contributed by atoms with van der Waals surface area (Å²) in [6.45, 7) is 0. The van der Waals surface area contributed by atoms with Crippen LogP contribution < -0.4 is 5.32 Å². The number of amides is 1. The number of nitrogens with one attached hydrogen (secondary N) is 1. The quantitative estimate of drug-likeness (QED) is 0.311. The Morgan fingerprint density at radius 3 is 2.66 bits per heavy atom. The second-order valence-corrected chi connectivity index (χ2v) is 8.23. The van der Waals surface area contributed by atoms with Crippen LogP contribution >= 0.6 is 22.9 Å². The van der Waals surface area contributed by atoms with E-state index in [0.717, 1.165) is 23.5 Å². The lowest BCUT2D eigenvalue weighted by Gasteiger charge is -2.09. The van der Waals surface area contributed by atoms with Crippen LogP contribution in [0.15, 0.2) is 65.2 Å². The van der Waals surface area contributed by atoms with Gasteiger partial charge < -0.3 is 4.42 Å². The third-order valence-corrected chi connectivity index (χ3v) is 5.76. The maximum atomic E-state index is 13.9. The van der Waals surface area contributed by atoms with Crippen LogP contribution in [0, 0.1) is 5.82 Å². The third kappa shape index (κ3) is 4.84. The molecule has 0 atom stereocenters. The van der Waals surface area contributed by atoms with E-state index in [-0.39, 0.29) is 33.7 Å².